The van der Waals surface area contributed by atoms with Crippen molar-refractivity contribution in [2.24, 2.45) is 11.3 Å². The van der Waals surface area contributed by atoms with Gasteiger partial charge in [-0.25, -0.2) is 0 Å². The lowest BCUT2D eigenvalue weighted by Crippen LogP contribution is -2.27. The summed E-state index contributed by atoms with van der Waals surface area (Å²) in [5, 5.41) is 3.71. The predicted octanol–water partition coefficient (Wildman–Crippen LogP) is 5.35. The molecule has 1 amide bonds. The molecule has 1 aromatic carbocycles. The second-order valence-corrected chi connectivity index (χ2v) is 9.46. The fourth-order valence-electron chi connectivity index (χ4n) is 3.73. The second kappa shape index (κ2) is 6.49. The van der Waals surface area contributed by atoms with Gasteiger partial charge in [-0.15, -0.1) is 11.3 Å². The van der Waals surface area contributed by atoms with Gasteiger partial charge in [0.05, 0.1) is 10.6 Å². The number of amides is 1. The zero-order valence-corrected chi connectivity index (χ0v) is 16.6. The first-order valence-electron chi connectivity index (χ1n) is 8.95. The molecule has 1 aromatic heterocycles. The van der Waals surface area contributed by atoms with E-state index in [4.69, 9.17) is 5.73 Å². The van der Waals surface area contributed by atoms with Crippen LogP contribution in [0.25, 0.3) is 0 Å². The summed E-state index contributed by atoms with van der Waals surface area (Å²) in [4.78, 5) is 14.2. The maximum atomic E-state index is 12.9. The van der Waals surface area contributed by atoms with Crippen LogP contribution in [0.3, 0.4) is 0 Å². The summed E-state index contributed by atoms with van der Waals surface area (Å²) in [5.74, 6) is 0.574. The third kappa shape index (κ3) is 3.59. The summed E-state index contributed by atoms with van der Waals surface area (Å²) in [6, 6.07) is 6.06. The van der Waals surface area contributed by atoms with Gasteiger partial charge >= 0.3 is 0 Å². The van der Waals surface area contributed by atoms with Gasteiger partial charge in [-0.3, -0.25) is 4.79 Å². The Labute approximate surface area is 154 Å². The fraction of sp³-hybridized carbons (Fsp3) is 0.476. The highest BCUT2D eigenvalue weighted by molar-refractivity contribution is 7.16. The standard InChI is InChI=1S/C21H28N2OS/c1-12-6-9-16(13(2)10-12)23-20(24)18-15-8-7-14(21(3,4)5)11-17(15)25-19(18)22/h6,9-10,14H,7-8,11,22H2,1-5H3,(H,23,24). The number of carbonyl (C=O) groups is 1. The van der Waals surface area contributed by atoms with E-state index in [-0.39, 0.29) is 11.3 Å². The minimum Gasteiger partial charge on any atom is -0.390 e. The Morgan fingerprint density at radius 1 is 1.28 bits per heavy atom. The monoisotopic (exact) mass is 356 g/mol. The van der Waals surface area contributed by atoms with E-state index < -0.39 is 0 Å². The number of nitrogens with one attached hydrogen (secondary N) is 1. The molecule has 1 unspecified atom stereocenters. The molecule has 0 saturated carbocycles. The topological polar surface area (TPSA) is 55.1 Å². The molecule has 0 radical (unpaired) electrons. The Bertz CT molecular complexity index is 814. The molecule has 0 fully saturated rings. The number of hydrogen-bond acceptors (Lipinski definition) is 3. The average Bonchev–Trinajstić information content (AvgIpc) is 2.84. The van der Waals surface area contributed by atoms with Crippen LogP contribution in [0.15, 0.2) is 18.2 Å². The number of anilines is 2. The molecule has 25 heavy (non-hydrogen) atoms. The van der Waals surface area contributed by atoms with Crippen molar-refractivity contribution in [3.8, 4) is 0 Å². The molecular formula is C21H28N2OS. The SMILES string of the molecule is Cc1ccc(NC(=O)c2c(N)sc3c2CCC(C(C)(C)C)C3)c(C)c1. The summed E-state index contributed by atoms with van der Waals surface area (Å²) in [6.07, 6.45) is 3.10. The number of thiophene rings is 1. The smallest absolute Gasteiger partial charge is 0.258 e. The van der Waals surface area contributed by atoms with Crippen LogP contribution in [0.2, 0.25) is 0 Å². The summed E-state index contributed by atoms with van der Waals surface area (Å²) >= 11 is 1.60. The zero-order valence-electron chi connectivity index (χ0n) is 15.8. The van der Waals surface area contributed by atoms with E-state index in [0.717, 1.165) is 30.5 Å². The number of hydrogen-bond donors (Lipinski definition) is 2. The normalized spacial score (nSPS) is 17.2. The van der Waals surface area contributed by atoms with Crippen LogP contribution >= 0.6 is 11.3 Å². The quantitative estimate of drug-likeness (QED) is 0.762. The van der Waals surface area contributed by atoms with E-state index in [0.29, 0.717) is 16.5 Å². The Morgan fingerprint density at radius 3 is 2.64 bits per heavy atom. The van der Waals surface area contributed by atoms with Gasteiger partial charge in [0.2, 0.25) is 0 Å². The predicted molar refractivity (Wildman–Crippen MR) is 108 cm³/mol. The van der Waals surface area contributed by atoms with Crippen molar-refractivity contribution in [2.75, 3.05) is 11.1 Å². The van der Waals surface area contributed by atoms with E-state index >= 15 is 0 Å². The molecule has 1 atom stereocenters. The lowest BCUT2D eigenvalue weighted by Gasteiger charge is -2.33. The molecule has 0 saturated heterocycles. The largest absolute Gasteiger partial charge is 0.390 e. The number of aryl methyl sites for hydroxylation is 2. The molecular weight excluding hydrogens is 328 g/mol. The van der Waals surface area contributed by atoms with Gasteiger partial charge in [-0.05, 0) is 61.6 Å². The summed E-state index contributed by atoms with van der Waals surface area (Å²) < 4.78 is 0. The molecule has 2 aromatic rings. The first-order valence-corrected chi connectivity index (χ1v) is 9.77. The van der Waals surface area contributed by atoms with Crippen molar-refractivity contribution in [2.45, 2.75) is 53.9 Å². The maximum Gasteiger partial charge on any atom is 0.258 e. The van der Waals surface area contributed by atoms with Gasteiger partial charge < -0.3 is 11.1 Å². The third-order valence-electron chi connectivity index (χ3n) is 5.37. The van der Waals surface area contributed by atoms with E-state index in [1.807, 2.05) is 19.1 Å². The molecule has 4 heteroatoms. The number of carbonyl (C=O) groups excluding carboxylic acids is 1. The summed E-state index contributed by atoms with van der Waals surface area (Å²) in [7, 11) is 0. The molecule has 1 aliphatic rings. The minimum absolute atomic E-state index is 0.0730. The van der Waals surface area contributed by atoms with Crippen molar-refractivity contribution < 1.29 is 4.79 Å². The lowest BCUT2D eigenvalue weighted by atomic mass is 9.72. The van der Waals surface area contributed by atoms with Crippen molar-refractivity contribution in [1.82, 2.24) is 0 Å². The van der Waals surface area contributed by atoms with Gasteiger partial charge in [0.25, 0.3) is 5.91 Å². The second-order valence-electron chi connectivity index (χ2n) is 8.32. The van der Waals surface area contributed by atoms with Gasteiger partial charge in [0, 0.05) is 10.6 Å². The molecule has 134 valence electrons. The highest BCUT2D eigenvalue weighted by atomic mass is 32.1. The van der Waals surface area contributed by atoms with Crippen molar-refractivity contribution in [1.29, 1.82) is 0 Å². The first kappa shape index (κ1) is 18.0. The van der Waals surface area contributed by atoms with E-state index in [2.05, 4.69) is 39.1 Å². The van der Waals surface area contributed by atoms with Gasteiger partial charge in [-0.1, -0.05) is 38.5 Å². The van der Waals surface area contributed by atoms with E-state index in [1.54, 1.807) is 11.3 Å². The molecule has 3 rings (SSSR count). The summed E-state index contributed by atoms with van der Waals surface area (Å²) in [5.41, 5.74) is 11.5. The highest BCUT2D eigenvalue weighted by Gasteiger charge is 2.33. The van der Waals surface area contributed by atoms with E-state index in [9.17, 15) is 4.79 Å². The summed E-state index contributed by atoms with van der Waals surface area (Å²) in [6.45, 7) is 11.0. The third-order valence-corrected chi connectivity index (χ3v) is 6.46. The van der Waals surface area contributed by atoms with Crippen LogP contribution in [-0.4, -0.2) is 5.91 Å². The number of benzene rings is 1. The number of nitrogen functional groups attached to an aromatic ring is 1. The lowest BCUT2D eigenvalue weighted by molar-refractivity contribution is 0.102. The van der Waals surface area contributed by atoms with Crippen LogP contribution in [0.4, 0.5) is 10.7 Å². The average molecular weight is 357 g/mol. The van der Waals surface area contributed by atoms with Gasteiger partial charge in [0.1, 0.15) is 0 Å². The Kier molecular flexibility index (Phi) is 4.67. The number of nitrogens with two attached hydrogens (primary N) is 1. The highest BCUT2D eigenvalue weighted by Crippen LogP contribution is 2.43. The van der Waals surface area contributed by atoms with Crippen LogP contribution in [0, 0.1) is 25.2 Å². The molecule has 3 nitrogen and oxygen atoms in total. The Hall–Kier alpha value is -1.81. The van der Waals surface area contributed by atoms with Crippen LogP contribution in [-0.2, 0) is 12.8 Å². The van der Waals surface area contributed by atoms with Crippen molar-refractivity contribution in [3.63, 3.8) is 0 Å². The Morgan fingerprint density at radius 2 is 2.00 bits per heavy atom. The molecule has 0 spiro atoms. The minimum atomic E-state index is -0.0730. The fourth-order valence-corrected chi connectivity index (χ4v) is 4.93. The first-order chi connectivity index (χ1) is 11.7. The zero-order chi connectivity index (χ0) is 18.4. The van der Waals surface area contributed by atoms with Gasteiger partial charge in [-0.2, -0.15) is 0 Å². The number of fused-ring (bicyclic) bond motifs is 1. The van der Waals surface area contributed by atoms with Crippen LogP contribution in [0.5, 0.6) is 0 Å². The van der Waals surface area contributed by atoms with Crippen LogP contribution < -0.4 is 11.1 Å². The van der Waals surface area contributed by atoms with E-state index in [1.165, 1.54) is 16.0 Å². The van der Waals surface area contributed by atoms with Crippen LogP contribution in [0.1, 0.15) is 59.1 Å². The molecule has 3 N–H and O–H groups in total. The van der Waals surface area contributed by atoms with Gasteiger partial charge in [0.15, 0.2) is 0 Å². The Balaban J connectivity index is 1.86. The van der Waals surface area contributed by atoms with Crippen molar-refractivity contribution in [3.05, 3.63) is 45.3 Å². The molecule has 1 heterocycles. The number of rotatable bonds is 2. The molecule has 0 aliphatic heterocycles. The molecule has 1 aliphatic carbocycles. The van der Waals surface area contributed by atoms with Crippen molar-refractivity contribution >= 4 is 27.9 Å². The molecule has 0 bridgehead atoms. The maximum absolute atomic E-state index is 12.9.